The predicted molar refractivity (Wildman–Crippen MR) is 163 cm³/mol. The van der Waals surface area contributed by atoms with Gasteiger partial charge >= 0.3 is 0 Å². The van der Waals surface area contributed by atoms with E-state index in [0.29, 0.717) is 12.8 Å². The molecule has 7 heteroatoms. The molecule has 220 valence electrons. The Morgan fingerprint density at radius 1 is 1.18 bits per heavy atom. The van der Waals surface area contributed by atoms with Crippen LogP contribution in [0, 0.1) is 0 Å². The number of methoxy groups -OCH3 is 1. The van der Waals surface area contributed by atoms with E-state index in [1.807, 2.05) is 44.3 Å². The Morgan fingerprint density at radius 3 is 2.36 bits per heavy atom. The van der Waals surface area contributed by atoms with Crippen molar-refractivity contribution >= 4 is 5.69 Å². The topological polar surface area (TPSA) is 54.5 Å². The molecule has 2 unspecified atom stereocenters. The minimum Gasteiger partial charge on any atom is -0.388 e. The number of nitrogens with one attached hydrogen (secondary N) is 3. The maximum absolute atomic E-state index is 11.4. The van der Waals surface area contributed by atoms with Crippen molar-refractivity contribution in [2.45, 2.75) is 65.8 Å². The van der Waals surface area contributed by atoms with Crippen LogP contribution in [0.15, 0.2) is 73.1 Å². The number of hydrogen-bond acceptors (Lipinski definition) is 5. The maximum Gasteiger partial charge on any atom is 0.118 e. The Bertz CT molecular complexity index is 892. The number of benzene rings is 2. The molecule has 0 saturated carbocycles. The van der Waals surface area contributed by atoms with Gasteiger partial charge in [0.25, 0.3) is 0 Å². The van der Waals surface area contributed by atoms with Gasteiger partial charge in [0.05, 0.1) is 32.3 Å². The molecule has 3 rings (SSSR count). The molecule has 2 atom stereocenters. The normalized spacial score (nSPS) is 14.4. The Balaban J connectivity index is 0.000000620. The number of fused-ring (bicyclic) bond motifs is 1. The van der Waals surface area contributed by atoms with E-state index in [0.717, 1.165) is 57.3 Å². The second kappa shape index (κ2) is 24.5. The fourth-order valence-corrected chi connectivity index (χ4v) is 3.23. The highest BCUT2D eigenvalue weighted by atomic mass is 19.1. The summed E-state index contributed by atoms with van der Waals surface area (Å²) < 4.78 is 32.8. The first-order valence-electron chi connectivity index (χ1n) is 13.7. The molecule has 0 bridgehead atoms. The van der Waals surface area contributed by atoms with Gasteiger partial charge in [0.2, 0.25) is 0 Å². The fraction of sp³-hybridized carbons (Fsp3) is 0.500. The molecular formula is C32H51F2N3O2. The Labute approximate surface area is 236 Å². The van der Waals surface area contributed by atoms with Crippen molar-refractivity contribution in [1.82, 2.24) is 10.6 Å². The van der Waals surface area contributed by atoms with Crippen molar-refractivity contribution in [3.8, 4) is 0 Å². The molecule has 39 heavy (non-hydrogen) atoms. The number of ether oxygens (including phenoxy) is 2. The van der Waals surface area contributed by atoms with Crippen LogP contribution in [0.25, 0.3) is 0 Å². The van der Waals surface area contributed by atoms with Crippen molar-refractivity contribution in [2.75, 3.05) is 45.9 Å². The van der Waals surface area contributed by atoms with E-state index in [-0.39, 0.29) is 6.33 Å². The molecular weight excluding hydrogens is 496 g/mol. The summed E-state index contributed by atoms with van der Waals surface area (Å²) in [6, 6.07) is 17.1. The van der Waals surface area contributed by atoms with Crippen molar-refractivity contribution in [3.63, 3.8) is 0 Å². The molecule has 1 aliphatic heterocycles. The zero-order valence-corrected chi connectivity index (χ0v) is 24.9. The van der Waals surface area contributed by atoms with E-state index in [2.05, 4.69) is 54.6 Å². The van der Waals surface area contributed by atoms with Crippen LogP contribution in [0.4, 0.5) is 14.5 Å². The SMILES string of the molecule is C=C(C)CC.CC(F)/C=C/F.CCc1ccc2c(c1)C(NCCCNCOC)COC2.CNc1ccccc1. The highest BCUT2D eigenvalue weighted by Crippen LogP contribution is 2.26. The smallest absolute Gasteiger partial charge is 0.118 e. The van der Waals surface area contributed by atoms with Crippen LogP contribution in [0.5, 0.6) is 0 Å². The van der Waals surface area contributed by atoms with Crippen LogP contribution in [0.3, 0.4) is 0 Å². The lowest BCUT2D eigenvalue weighted by Crippen LogP contribution is -2.32. The molecule has 0 aliphatic carbocycles. The molecule has 1 aliphatic rings. The minimum atomic E-state index is -1.16. The average molecular weight is 548 g/mol. The van der Waals surface area contributed by atoms with Crippen LogP contribution >= 0.6 is 0 Å². The molecule has 0 amide bonds. The number of aryl methyl sites for hydroxylation is 1. The van der Waals surface area contributed by atoms with E-state index >= 15 is 0 Å². The summed E-state index contributed by atoms with van der Waals surface area (Å²) in [5.74, 6) is 0. The summed E-state index contributed by atoms with van der Waals surface area (Å²) in [6.07, 6.45) is 3.16. The van der Waals surface area contributed by atoms with Crippen LogP contribution < -0.4 is 16.0 Å². The highest BCUT2D eigenvalue weighted by molar-refractivity contribution is 5.41. The minimum absolute atomic E-state index is 0.199. The van der Waals surface area contributed by atoms with Gasteiger partial charge in [-0.3, -0.25) is 5.32 Å². The second-order valence-corrected chi connectivity index (χ2v) is 9.12. The number of anilines is 1. The van der Waals surface area contributed by atoms with E-state index < -0.39 is 6.17 Å². The van der Waals surface area contributed by atoms with E-state index in [1.54, 1.807) is 7.11 Å². The van der Waals surface area contributed by atoms with Gasteiger partial charge in [-0.05, 0) is 81.1 Å². The Kier molecular flexibility index (Phi) is 22.8. The van der Waals surface area contributed by atoms with Gasteiger partial charge in [0.15, 0.2) is 0 Å². The first-order valence-corrected chi connectivity index (χ1v) is 13.7. The lowest BCUT2D eigenvalue weighted by atomic mass is 9.95. The van der Waals surface area contributed by atoms with Crippen molar-refractivity contribution in [2.24, 2.45) is 0 Å². The summed E-state index contributed by atoms with van der Waals surface area (Å²) in [7, 11) is 3.61. The summed E-state index contributed by atoms with van der Waals surface area (Å²) in [5.41, 5.74) is 6.56. The largest absolute Gasteiger partial charge is 0.388 e. The van der Waals surface area contributed by atoms with Gasteiger partial charge in [-0.2, -0.15) is 0 Å². The molecule has 0 spiro atoms. The number of alkyl halides is 1. The zero-order chi connectivity index (χ0) is 29.3. The van der Waals surface area contributed by atoms with Gasteiger partial charge in [-0.15, -0.1) is 6.58 Å². The van der Waals surface area contributed by atoms with Gasteiger partial charge in [-0.1, -0.05) is 55.8 Å². The monoisotopic (exact) mass is 547 g/mol. The predicted octanol–water partition coefficient (Wildman–Crippen LogP) is 7.52. The molecule has 0 saturated heterocycles. The molecule has 0 fully saturated rings. The highest BCUT2D eigenvalue weighted by Gasteiger charge is 2.20. The van der Waals surface area contributed by atoms with E-state index in [1.165, 1.54) is 29.2 Å². The fourth-order valence-electron chi connectivity index (χ4n) is 3.23. The third kappa shape index (κ3) is 19.2. The van der Waals surface area contributed by atoms with E-state index in [9.17, 15) is 8.78 Å². The van der Waals surface area contributed by atoms with E-state index in [4.69, 9.17) is 9.47 Å². The van der Waals surface area contributed by atoms with Crippen LogP contribution in [-0.2, 0) is 22.5 Å². The van der Waals surface area contributed by atoms with Crippen LogP contribution in [0.2, 0.25) is 0 Å². The molecule has 0 radical (unpaired) electrons. The van der Waals surface area contributed by atoms with Crippen molar-refractivity contribution in [1.29, 1.82) is 0 Å². The molecule has 5 nitrogen and oxygen atoms in total. The number of halogens is 2. The summed E-state index contributed by atoms with van der Waals surface area (Å²) in [6.45, 7) is 15.3. The van der Waals surface area contributed by atoms with Gasteiger partial charge in [0.1, 0.15) is 6.17 Å². The number of hydrogen-bond donors (Lipinski definition) is 3. The molecule has 3 N–H and O–H groups in total. The van der Waals surface area contributed by atoms with Crippen molar-refractivity contribution < 1.29 is 18.3 Å². The van der Waals surface area contributed by atoms with Crippen LogP contribution in [-0.4, -0.2) is 46.8 Å². The van der Waals surface area contributed by atoms with Gasteiger partial charge in [0, 0.05) is 19.8 Å². The third-order valence-electron chi connectivity index (χ3n) is 5.71. The molecule has 2 aromatic rings. The average Bonchev–Trinajstić information content (AvgIpc) is 2.96. The summed E-state index contributed by atoms with van der Waals surface area (Å²) in [5, 5.41) is 9.84. The van der Waals surface area contributed by atoms with Crippen LogP contribution in [0.1, 0.15) is 63.3 Å². The van der Waals surface area contributed by atoms with Crippen molar-refractivity contribution in [3.05, 3.63) is 89.8 Å². The number of para-hydroxylation sites is 1. The lowest BCUT2D eigenvalue weighted by molar-refractivity contribution is 0.0820. The van der Waals surface area contributed by atoms with Gasteiger partial charge in [-0.25, -0.2) is 8.78 Å². The molecule has 2 aromatic carbocycles. The Hall–Kier alpha value is -2.58. The summed E-state index contributed by atoms with van der Waals surface area (Å²) in [4.78, 5) is 0. The first-order chi connectivity index (χ1) is 18.8. The molecule has 0 aromatic heterocycles. The quantitative estimate of drug-likeness (QED) is 0.154. The lowest BCUT2D eigenvalue weighted by Gasteiger charge is -2.27. The standard InChI is InChI=1S/C16H26N2O2.C7H9N.C5H10.C4H6F2/c1-3-13-5-6-14-10-20-11-16(15(14)9-13)18-8-4-7-17-12-19-2;1-8-7-5-3-2-4-6-7;1-4-5(2)3;1-4(6)2-3-5/h5-6,9,16-18H,3-4,7-8,10-12H2,1-2H3;2-6,8H,1H3;2,4H2,1,3H3;2-4H,1H3/b;;;3-2+. The second-order valence-electron chi connectivity index (χ2n) is 9.12. The zero-order valence-electron chi connectivity index (χ0n) is 24.9. The Morgan fingerprint density at radius 2 is 1.87 bits per heavy atom. The molecule has 1 heterocycles. The number of rotatable bonds is 11. The summed E-state index contributed by atoms with van der Waals surface area (Å²) >= 11 is 0. The maximum atomic E-state index is 11.4. The number of allylic oxidation sites excluding steroid dienone is 2. The third-order valence-corrected chi connectivity index (χ3v) is 5.71. The first kappa shape index (κ1) is 36.4. The van der Waals surface area contributed by atoms with Gasteiger partial charge < -0.3 is 20.1 Å².